The SMILES string of the molecule is CC(=O)c1ccc(OCC(O)CSc2nnc(-c3ccccc3Br)n2N)cc1. The van der Waals surface area contributed by atoms with E-state index < -0.39 is 6.10 Å². The van der Waals surface area contributed by atoms with Gasteiger partial charge in [-0.3, -0.25) is 4.79 Å². The number of rotatable bonds is 8. The summed E-state index contributed by atoms with van der Waals surface area (Å²) in [5.41, 5.74) is 1.45. The minimum atomic E-state index is -0.721. The molecule has 3 rings (SSSR count). The molecule has 0 aliphatic rings. The van der Waals surface area contributed by atoms with Gasteiger partial charge in [0.15, 0.2) is 11.6 Å². The average molecular weight is 463 g/mol. The van der Waals surface area contributed by atoms with Crippen LogP contribution in [0, 0.1) is 0 Å². The molecule has 0 saturated heterocycles. The second-order valence-corrected chi connectivity index (χ2v) is 7.85. The summed E-state index contributed by atoms with van der Waals surface area (Å²) in [7, 11) is 0. The van der Waals surface area contributed by atoms with Crippen molar-refractivity contribution in [1.82, 2.24) is 14.9 Å². The minimum Gasteiger partial charge on any atom is -0.491 e. The highest BCUT2D eigenvalue weighted by atomic mass is 79.9. The smallest absolute Gasteiger partial charge is 0.210 e. The summed E-state index contributed by atoms with van der Waals surface area (Å²) in [4.78, 5) is 11.3. The van der Waals surface area contributed by atoms with Gasteiger partial charge in [-0.2, -0.15) is 0 Å². The molecule has 3 aromatic rings. The molecule has 7 nitrogen and oxygen atoms in total. The maximum atomic E-state index is 11.3. The lowest BCUT2D eigenvalue weighted by Crippen LogP contribution is -2.21. The van der Waals surface area contributed by atoms with Crippen LogP contribution in [-0.4, -0.2) is 44.2 Å². The summed E-state index contributed by atoms with van der Waals surface area (Å²) < 4.78 is 7.83. The van der Waals surface area contributed by atoms with Gasteiger partial charge in [0.05, 0.1) is 6.10 Å². The van der Waals surface area contributed by atoms with Crippen molar-refractivity contribution in [3.05, 3.63) is 58.6 Å². The highest BCUT2D eigenvalue weighted by Gasteiger charge is 2.16. The minimum absolute atomic E-state index is 0.00391. The summed E-state index contributed by atoms with van der Waals surface area (Å²) in [6, 6.07) is 14.4. The zero-order valence-electron chi connectivity index (χ0n) is 15.1. The Kier molecular flexibility index (Phi) is 6.71. The predicted octanol–water partition coefficient (Wildman–Crippen LogP) is 3.16. The Morgan fingerprint density at radius 2 is 1.96 bits per heavy atom. The van der Waals surface area contributed by atoms with Crippen LogP contribution in [0.25, 0.3) is 11.4 Å². The van der Waals surface area contributed by atoms with Gasteiger partial charge in [-0.05, 0) is 43.3 Å². The number of halogens is 1. The second kappa shape index (κ2) is 9.22. The number of Topliss-reactive ketones (excluding diaryl/α,β-unsaturated/α-hetero) is 1. The lowest BCUT2D eigenvalue weighted by atomic mass is 10.1. The Balaban J connectivity index is 1.54. The van der Waals surface area contributed by atoms with Crippen LogP contribution in [0.1, 0.15) is 17.3 Å². The number of nitrogens with two attached hydrogens (primary N) is 1. The maximum absolute atomic E-state index is 11.3. The van der Waals surface area contributed by atoms with Crippen LogP contribution in [0.2, 0.25) is 0 Å². The zero-order valence-corrected chi connectivity index (χ0v) is 17.5. The molecule has 1 aromatic heterocycles. The van der Waals surface area contributed by atoms with E-state index in [9.17, 15) is 9.90 Å². The number of carbonyl (C=O) groups is 1. The van der Waals surface area contributed by atoms with Crippen molar-refractivity contribution < 1.29 is 14.6 Å². The van der Waals surface area contributed by atoms with Crippen molar-refractivity contribution in [2.45, 2.75) is 18.2 Å². The number of thioether (sulfide) groups is 1. The quantitative estimate of drug-likeness (QED) is 0.301. The Bertz CT molecular complexity index is 962. The number of hydrogen-bond acceptors (Lipinski definition) is 7. The first-order valence-electron chi connectivity index (χ1n) is 8.45. The lowest BCUT2D eigenvalue weighted by molar-refractivity contribution is 0.101. The first kappa shape index (κ1) is 20.4. The fourth-order valence-electron chi connectivity index (χ4n) is 2.40. The third kappa shape index (κ3) is 4.92. The van der Waals surface area contributed by atoms with Gasteiger partial charge >= 0.3 is 0 Å². The van der Waals surface area contributed by atoms with Gasteiger partial charge in [0.2, 0.25) is 5.16 Å². The molecule has 1 atom stereocenters. The van der Waals surface area contributed by atoms with Crippen LogP contribution >= 0.6 is 27.7 Å². The normalized spacial score (nSPS) is 12.0. The molecule has 0 radical (unpaired) electrons. The molecular formula is C19H19BrN4O3S. The van der Waals surface area contributed by atoms with Crippen molar-refractivity contribution in [1.29, 1.82) is 0 Å². The Labute approximate surface area is 175 Å². The molecule has 0 amide bonds. The zero-order chi connectivity index (χ0) is 20.1. The second-order valence-electron chi connectivity index (χ2n) is 6.01. The van der Waals surface area contributed by atoms with Crippen LogP contribution in [0.5, 0.6) is 5.75 Å². The monoisotopic (exact) mass is 462 g/mol. The van der Waals surface area contributed by atoms with E-state index in [0.29, 0.717) is 28.0 Å². The van der Waals surface area contributed by atoms with Crippen LogP contribution in [-0.2, 0) is 0 Å². The molecule has 0 fully saturated rings. The summed E-state index contributed by atoms with van der Waals surface area (Å²) in [6.45, 7) is 1.62. The number of ether oxygens (including phenoxy) is 1. The van der Waals surface area contributed by atoms with E-state index in [1.165, 1.54) is 23.4 Å². The van der Waals surface area contributed by atoms with Crippen LogP contribution in [0.3, 0.4) is 0 Å². The summed E-state index contributed by atoms with van der Waals surface area (Å²) in [5, 5.41) is 18.9. The van der Waals surface area contributed by atoms with Crippen LogP contribution < -0.4 is 10.6 Å². The van der Waals surface area contributed by atoms with E-state index in [1.54, 1.807) is 24.3 Å². The van der Waals surface area contributed by atoms with E-state index in [0.717, 1.165) is 10.0 Å². The fourth-order valence-corrected chi connectivity index (χ4v) is 3.62. The third-order valence-electron chi connectivity index (χ3n) is 3.89. The van der Waals surface area contributed by atoms with E-state index in [2.05, 4.69) is 26.1 Å². The van der Waals surface area contributed by atoms with Crippen molar-refractivity contribution in [3.63, 3.8) is 0 Å². The lowest BCUT2D eigenvalue weighted by Gasteiger charge is -2.12. The molecule has 28 heavy (non-hydrogen) atoms. The number of benzene rings is 2. The van der Waals surface area contributed by atoms with Gasteiger partial charge < -0.3 is 15.7 Å². The third-order valence-corrected chi connectivity index (χ3v) is 5.67. The first-order chi connectivity index (χ1) is 13.5. The molecule has 1 heterocycles. The Morgan fingerprint density at radius 1 is 1.25 bits per heavy atom. The van der Waals surface area contributed by atoms with E-state index in [-0.39, 0.29) is 12.4 Å². The van der Waals surface area contributed by atoms with Gasteiger partial charge in [0, 0.05) is 21.4 Å². The largest absolute Gasteiger partial charge is 0.491 e. The molecule has 0 aliphatic heterocycles. The van der Waals surface area contributed by atoms with E-state index >= 15 is 0 Å². The van der Waals surface area contributed by atoms with Gasteiger partial charge in [-0.15, -0.1) is 10.2 Å². The van der Waals surface area contributed by atoms with Crippen molar-refractivity contribution in [2.24, 2.45) is 0 Å². The van der Waals surface area contributed by atoms with Gasteiger partial charge in [-0.25, -0.2) is 4.68 Å². The van der Waals surface area contributed by atoms with Crippen molar-refractivity contribution >= 4 is 33.5 Å². The molecule has 3 N–H and O–H groups in total. The van der Waals surface area contributed by atoms with E-state index in [4.69, 9.17) is 10.6 Å². The molecule has 2 aromatic carbocycles. The number of carbonyl (C=O) groups excluding carboxylic acids is 1. The maximum Gasteiger partial charge on any atom is 0.210 e. The van der Waals surface area contributed by atoms with Crippen molar-refractivity contribution in [2.75, 3.05) is 18.2 Å². The standard InChI is InChI=1S/C19H19BrN4O3S/c1-12(25)13-6-8-15(9-7-13)27-10-14(26)11-28-19-23-22-18(24(19)21)16-4-2-3-5-17(16)20/h2-9,14,26H,10-11,21H2,1H3. The predicted molar refractivity (Wildman–Crippen MR) is 112 cm³/mol. The number of ketones is 1. The van der Waals surface area contributed by atoms with Gasteiger partial charge in [0.1, 0.15) is 12.4 Å². The molecule has 9 heteroatoms. The molecule has 1 unspecified atom stereocenters. The summed E-state index contributed by atoms with van der Waals surface area (Å²) in [5.74, 6) is 7.57. The Hall–Kier alpha value is -2.36. The number of hydrogen-bond donors (Lipinski definition) is 2. The summed E-state index contributed by atoms with van der Waals surface area (Å²) >= 11 is 4.77. The van der Waals surface area contributed by atoms with Crippen LogP contribution in [0.15, 0.2) is 58.2 Å². The molecule has 146 valence electrons. The van der Waals surface area contributed by atoms with Gasteiger partial charge in [-0.1, -0.05) is 39.8 Å². The molecule has 0 spiro atoms. The molecule has 0 saturated carbocycles. The Morgan fingerprint density at radius 3 is 2.64 bits per heavy atom. The fraction of sp³-hybridized carbons (Fsp3) is 0.211. The number of aliphatic hydroxyl groups is 1. The highest BCUT2D eigenvalue weighted by Crippen LogP contribution is 2.28. The molecule has 0 aliphatic carbocycles. The van der Waals surface area contributed by atoms with Gasteiger partial charge in [0.25, 0.3) is 0 Å². The first-order valence-corrected chi connectivity index (χ1v) is 10.2. The van der Waals surface area contributed by atoms with E-state index in [1.807, 2.05) is 24.3 Å². The number of nitrogens with zero attached hydrogens (tertiary/aromatic N) is 3. The number of aromatic nitrogens is 3. The van der Waals surface area contributed by atoms with Crippen molar-refractivity contribution in [3.8, 4) is 17.1 Å². The molecular weight excluding hydrogens is 444 g/mol. The highest BCUT2D eigenvalue weighted by molar-refractivity contribution is 9.10. The molecule has 0 bridgehead atoms. The topological polar surface area (TPSA) is 103 Å². The van der Waals surface area contributed by atoms with Crippen LogP contribution in [0.4, 0.5) is 0 Å². The number of nitrogen functional groups attached to an aromatic ring is 1. The average Bonchev–Trinajstić information content (AvgIpc) is 3.05. The number of aliphatic hydroxyl groups excluding tert-OH is 1. The summed E-state index contributed by atoms with van der Waals surface area (Å²) in [6.07, 6.45) is -0.721.